The van der Waals surface area contributed by atoms with Crippen molar-refractivity contribution in [3.05, 3.63) is 72.7 Å². The van der Waals surface area contributed by atoms with E-state index in [4.69, 9.17) is 5.73 Å². The number of benzene rings is 1. The summed E-state index contributed by atoms with van der Waals surface area (Å²) in [5.41, 5.74) is 8.13. The zero-order valence-electron chi connectivity index (χ0n) is 25.4. The van der Waals surface area contributed by atoms with Gasteiger partial charge in [-0.3, -0.25) is 19.2 Å². The molecule has 0 aromatic heterocycles. The number of amides is 4. The van der Waals surface area contributed by atoms with Crippen molar-refractivity contribution < 1.29 is 19.2 Å². The van der Waals surface area contributed by atoms with E-state index >= 15 is 0 Å². The van der Waals surface area contributed by atoms with Crippen LogP contribution in [0.4, 0.5) is 0 Å². The van der Waals surface area contributed by atoms with E-state index in [2.05, 4.69) is 43.0 Å². The van der Waals surface area contributed by atoms with Crippen molar-refractivity contribution >= 4 is 23.6 Å². The highest BCUT2D eigenvalue weighted by molar-refractivity contribution is 5.92. The molecular formula is C31H48N6O4. The molecule has 3 atom stereocenters. The molecule has 4 amide bonds. The normalized spacial score (nSPS) is 13.4. The summed E-state index contributed by atoms with van der Waals surface area (Å²) in [6.07, 6.45) is 4.31. The van der Waals surface area contributed by atoms with Crippen molar-refractivity contribution in [1.82, 2.24) is 25.8 Å². The molecule has 1 rings (SSSR count). The van der Waals surface area contributed by atoms with E-state index in [0.717, 1.165) is 17.6 Å². The number of allylic oxidation sites excluding steroid dienone is 1. The zero-order valence-corrected chi connectivity index (χ0v) is 25.4. The maximum Gasteiger partial charge on any atom is 0.243 e. The van der Waals surface area contributed by atoms with Crippen LogP contribution in [-0.2, 0) is 25.6 Å². The summed E-state index contributed by atoms with van der Waals surface area (Å²) in [4.78, 5) is 54.7. The van der Waals surface area contributed by atoms with Crippen molar-refractivity contribution in [2.24, 2.45) is 17.6 Å². The highest BCUT2D eigenvalue weighted by atomic mass is 16.2. The van der Waals surface area contributed by atoms with Gasteiger partial charge in [-0.15, -0.1) is 0 Å². The third kappa shape index (κ3) is 12.8. The van der Waals surface area contributed by atoms with Gasteiger partial charge >= 0.3 is 0 Å². The van der Waals surface area contributed by atoms with Crippen LogP contribution in [0.3, 0.4) is 0 Å². The number of likely N-dealkylation sites (N-methyl/N-ethyl adjacent to an activating group) is 2. The number of hydrogen-bond donors (Lipinski definition) is 4. The Kier molecular flexibility index (Phi) is 15.0. The van der Waals surface area contributed by atoms with E-state index in [9.17, 15) is 19.2 Å². The van der Waals surface area contributed by atoms with Crippen LogP contribution in [0.5, 0.6) is 0 Å². The molecule has 1 aromatic rings. The Morgan fingerprint density at radius 1 is 1.02 bits per heavy atom. The summed E-state index contributed by atoms with van der Waals surface area (Å²) in [5.74, 6) is -1.63. The highest BCUT2D eigenvalue weighted by Gasteiger charge is 2.26. The van der Waals surface area contributed by atoms with Gasteiger partial charge in [-0.1, -0.05) is 69.8 Å². The summed E-state index contributed by atoms with van der Waals surface area (Å²) in [5, 5.41) is 8.20. The van der Waals surface area contributed by atoms with Crippen molar-refractivity contribution in [3.8, 4) is 0 Å². The van der Waals surface area contributed by atoms with E-state index in [0.29, 0.717) is 11.6 Å². The maximum atomic E-state index is 13.2. The van der Waals surface area contributed by atoms with Crippen molar-refractivity contribution in [1.29, 1.82) is 0 Å². The minimum atomic E-state index is -0.915. The van der Waals surface area contributed by atoms with Gasteiger partial charge in [-0.05, 0) is 37.4 Å². The lowest BCUT2D eigenvalue weighted by Crippen LogP contribution is -2.52. The first-order valence-electron chi connectivity index (χ1n) is 13.8. The molecule has 0 aliphatic rings. The molecule has 0 fully saturated rings. The average Bonchev–Trinajstić information content (AvgIpc) is 2.92. The second kappa shape index (κ2) is 17.6. The van der Waals surface area contributed by atoms with Gasteiger partial charge in [-0.25, -0.2) is 0 Å². The Balaban J connectivity index is 2.85. The third-order valence-electron chi connectivity index (χ3n) is 6.63. The standard InChI is InChI=1S/C31H48N6O4/c1-9-33-18-25(32)16-23(6)30(40)35-26(17-24-13-11-10-12-14-24)31(41)34-19-28(38)36(7)20-29(39)37(8)27(22(4)5)15-21(2)3/h9-14,18,21,23,26-27,33H,1,4,15-17,19-20,32H2,2-3,5-8H3,(H,34,41)(H,35,40)/b25-18-/t23-,26-,27-/m0/s1. The summed E-state index contributed by atoms with van der Waals surface area (Å²) >= 11 is 0. The summed E-state index contributed by atoms with van der Waals surface area (Å²) in [6, 6.07) is 8.23. The van der Waals surface area contributed by atoms with Crippen molar-refractivity contribution in [2.75, 3.05) is 27.2 Å². The Hall–Kier alpha value is -4.08. The molecule has 0 radical (unpaired) electrons. The van der Waals surface area contributed by atoms with Crippen LogP contribution in [0.1, 0.15) is 46.1 Å². The third-order valence-corrected chi connectivity index (χ3v) is 6.63. The van der Waals surface area contributed by atoms with Crippen LogP contribution in [0, 0.1) is 11.8 Å². The Morgan fingerprint density at radius 3 is 2.22 bits per heavy atom. The predicted octanol–water partition coefficient (Wildman–Crippen LogP) is 2.30. The second-order valence-corrected chi connectivity index (χ2v) is 10.9. The molecule has 0 spiro atoms. The van der Waals surface area contributed by atoms with Crippen molar-refractivity contribution in [2.45, 2.75) is 59.0 Å². The first kappa shape index (κ1) is 34.9. The van der Waals surface area contributed by atoms with Gasteiger partial charge in [0.15, 0.2) is 0 Å². The molecule has 10 nitrogen and oxygen atoms in total. The van der Waals surface area contributed by atoms with Gasteiger partial charge in [0.1, 0.15) is 6.04 Å². The van der Waals surface area contributed by atoms with E-state index in [-0.39, 0.29) is 43.8 Å². The van der Waals surface area contributed by atoms with Crippen molar-refractivity contribution in [3.63, 3.8) is 0 Å². The Labute approximate surface area is 245 Å². The molecule has 5 N–H and O–H groups in total. The van der Waals surface area contributed by atoms with Gasteiger partial charge in [0, 0.05) is 38.3 Å². The number of rotatable bonds is 17. The summed E-state index contributed by atoms with van der Waals surface area (Å²) < 4.78 is 0. The smallest absolute Gasteiger partial charge is 0.243 e. The minimum absolute atomic E-state index is 0.125. The molecule has 226 valence electrons. The molecule has 0 bridgehead atoms. The molecule has 0 heterocycles. The fourth-order valence-corrected chi connectivity index (χ4v) is 4.18. The highest BCUT2D eigenvalue weighted by Crippen LogP contribution is 2.17. The predicted molar refractivity (Wildman–Crippen MR) is 163 cm³/mol. The number of carbonyl (C=O) groups excluding carboxylic acids is 4. The fraction of sp³-hybridized carbons (Fsp3) is 0.484. The molecule has 41 heavy (non-hydrogen) atoms. The molecule has 0 aliphatic heterocycles. The molecule has 0 aliphatic carbocycles. The Morgan fingerprint density at radius 2 is 1.66 bits per heavy atom. The first-order chi connectivity index (χ1) is 19.3. The zero-order chi connectivity index (χ0) is 31.1. The molecule has 0 saturated heterocycles. The van der Waals surface area contributed by atoms with Crippen LogP contribution >= 0.6 is 0 Å². The van der Waals surface area contributed by atoms with E-state index in [1.165, 1.54) is 18.1 Å². The average molecular weight is 569 g/mol. The summed E-state index contributed by atoms with van der Waals surface area (Å²) in [6.45, 7) is 14.9. The molecular weight excluding hydrogens is 520 g/mol. The SMILES string of the molecule is C=CN/C=C(\N)C[C@H](C)C(=O)N[C@@H](Cc1ccccc1)C(=O)NCC(=O)N(C)CC(=O)N(C)[C@@H](CC(C)C)C(=C)C. The van der Waals surface area contributed by atoms with Gasteiger partial charge in [0.2, 0.25) is 23.6 Å². The minimum Gasteiger partial charge on any atom is -0.401 e. The van der Waals surface area contributed by atoms with Crippen LogP contribution in [0.15, 0.2) is 67.2 Å². The van der Waals surface area contributed by atoms with Crippen LogP contribution < -0.4 is 21.7 Å². The molecule has 1 aromatic carbocycles. The molecule has 10 heteroatoms. The van der Waals surface area contributed by atoms with Crippen LogP contribution in [-0.4, -0.2) is 72.7 Å². The lowest BCUT2D eigenvalue weighted by atomic mass is 9.97. The Bertz CT molecular complexity index is 1090. The van der Waals surface area contributed by atoms with Crippen LogP contribution in [0.25, 0.3) is 0 Å². The van der Waals surface area contributed by atoms with E-state index in [1.54, 1.807) is 25.1 Å². The topological polar surface area (TPSA) is 137 Å². The van der Waals surface area contributed by atoms with Gasteiger partial charge in [0.25, 0.3) is 0 Å². The number of nitrogens with two attached hydrogens (primary N) is 1. The number of hydrogen-bond acceptors (Lipinski definition) is 6. The van der Waals surface area contributed by atoms with E-state index in [1.807, 2.05) is 37.3 Å². The van der Waals surface area contributed by atoms with Gasteiger partial charge in [0.05, 0.1) is 19.1 Å². The lowest BCUT2D eigenvalue weighted by Gasteiger charge is -2.31. The van der Waals surface area contributed by atoms with Gasteiger partial charge in [-0.2, -0.15) is 0 Å². The largest absolute Gasteiger partial charge is 0.401 e. The van der Waals surface area contributed by atoms with Gasteiger partial charge < -0.3 is 31.5 Å². The fourth-order valence-electron chi connectivity index (χ4n) is 4.18. The first-order valence-corrected chi connectivity index (χ1v) is 13.8. The number of nitrogens with zero attached hydrogens (tertiary/aromatic N) is 2. The quantitative estimate of drug-likeness (QED) is 0.213. The second-order valence-electron chi connectivity index (χ2n) is 10.9. The molecule has 0 saturated carbocycles. The monoisotopic (exact) mass is 568 g/mol. The lowest BCUT2D eigenvalue weighted by molar-refractivity contribution is -0.140. The van der Waals surface area contributed by atoms with Crippen LogP contribution in [0.2, 0.25) is 0 Å². The molecule has 0 unspecified atom stereocenters. The summed E-state index contributed by atoms with van der Waals surface area (Å²) in [7, 11) is 3.23. The number of nitrogens with one attached hydrogen (secondary N) is 3. The van der Waals surface area contributed by atoms with E-state index < -0.39 is 23.8 Å². The maximum absolute atomic E-state index is 13.2. The number of carbonyl (C=O) groups is 4.